The average molecular weight is 214 g/mol. The van der Waals surface area contributed by atoms with Gasteiger partial charge in [0.05, 0.1) is 13.2 Å². The van der Waals surface area contributed by atoms with Crippen LogP contribution in [0.4, 0.5) is 0 Å². The molecular formula is C9H14N2O2S. The largest absolute Gasteiger partial charge is 0.394 e. The molecule has 3 N–H and O–H groups in total. The zero-order valence-electron chi connectivity index (χ0n) is 8.01. The van der Waals surface area contributed by atoms with E-state index in [0.29, 0.717) is 6.54 Å². The highest BCUT2D eigenvalue weighted by atomic mass is 32.1. The van der Waals surface area contributed by atoms with Crippen molar-refractivity contribution < 1.29 is 9.90 Å². The van der Waals surface area contributed by atoms with E-state index in [-0.39, 0.29) is 12.5 Å². The molecule has 4 nitrogen and oxygen atoms in total. The van der Waals surface area contributed by atoms with E-state index in [2.05, 4.69) is 0 Å². The highest BCUT2D eigenvalue weighted by molar-refractivity contribution is 7.09. The molecule has 0 radical (unpaired) electrons. The van der Waals surface area contributed by atoms with Crippen LogP contribution in [0.3, 0.4) is 0 Å². The fourth-order valence-corrected chi connectivity index (χ4v) is 1.83. The van der Waals surface area contributed by atoms with Crippen molar-refractivity contribution in [1.29, 1.82) is 0 Å². The zero-order chi connectivity index (χ0) is 10.6. The smallest absolute Gasteiger partial charge is 0.241 e. The molecule has 1 amide bonds. The van der Waals surface area contributed by atoms with E-state index in [4.69, 9.17) is 10.8 Å². The number of nitrogens with two attached hydrogens (primary N) is 1. The molecule has 0 spiro atoms. The minimum atomic E-state index is -0.806. The summed E-state index contributed by atoms with van der Waals surface area (Å²) in [6.07, 6.45) is 0. The highest BCUT2D eigenvalue weighted by Crippen LogP contribution is 2.10. The highest BCUT2D eigenvalue weighted by Gasteiger charge is 2.16. The van der Waals surface area contributed by atoms with Crippen molar-refractivity contribution in [2.24, 2.45) is 5.73 Å². The molecule has 0 aliphatic carbocycles. The molecule has 1 rings (SSSR count). The van der Waals surface area contributed by atoms with Gasteiger partial charge < -0.3 is 15.7 Å². The van der Waals surface area contributed by atoms with Gasteiger partial charge in [0.1, 0.15) is 6.04 Å². The lowest BCUT2D eigenvalue weighted by Crippen LogP contribution is -2.43. The van der Waals surface area contributed by atoms with Gasteiger partial charge in [0, 0.05) is 11.9 Å². The van der Waals surface area contributed by atoms with Gasteiger partial charge in [-0.2, -0.15) is 0 Å². The van der Waals surface area contributed by atoms with E-state index in [9.17, 15) is 4.79 Å². The summed E-state index contributed by atoms with van der Waals surface area (Å²) in [5.74, 6) is -0.235. The molecule has 1 heterocycles. The number of likely N-dealkylation sites (N-methyl/N-ethyl adjacent to an activating group) is 1. The van der Waals surface area contributed by atoms with Crippen molar-refractivity contribution in [3.8, 4) is 0 Å². The quantitative estimate of drug-likeness (QED) is 0.743. The van der Waals surface area contributed by atoms with Gasteiger partial charge in [-0.25, -0.2) is 0 Å². The number of aliphatic hydroxyl groups excluding tert-OH is 1. The van der Waals surface area contributed by atoms with Crippen LogP contribution in [-0.2, 0) is 11.3 Å². The van der Waals surface area contributed by atoms with Crippen molar-refractivity contribution >= 4 is 17.2 Å². The predicted octanol–water partition coefficient (Wildman–Crippen LogP) is 0.0261. The Morgan fingerprint density at radius 3 is 3.00 bits per heavy atom. The van der Waals surface area contributed by atoms with E-state index in [1.165, 1.54) is 4.90 Å². The van der Waals surface area contributed by atoms with Crippen LogP contribution in [0, 0.1) is 0 Å². The molecule has 0 saturated heterocycles. The summed E-state index contributed by atoms with van der Waals surface area (Å²) in [6, 6.07) is 3.09. The summed E-state index contributed by atoms with van der Waals surface area (Å²) in [6.45, 7) is 0.234. The molecule has 5 heteroatoms. The number of nitrogens with zero attached hydrogens (tertiary/aromatic N) is 1. The third kappa shape index (κ3) is 2.80. The number of thiophene rings is 1. The molecule has 1 aromatic heterocycles. The lowest BCUT2D eigenvalue weighted by Gasteiger charge is -2.19. The first-order valence-corrected chi connectivity index (χ1v) is 5.17. The van der Waals surface area contributed by atoms with Crippen molar-refractivity contribution in [1.82, 2.24) is 4.90 Å². The average Bonchev–Trinajstić information content (AvgIpc) is 2.68. The van der Waals surface area contributed by atoms with Gasteiger partial charge in [-0.3, -0.25) is 4.79 Å². The Balaban J connectivity index is 2.50. The maximum atomic E-state index is 11.4. The maximum absolute atomic E-state index is 11.4. The minimum absolute atomic E-state index is 0.235. The van der Waals surface area contributed by atoms with Crippen LogP contribution in [0.15, 0.2) is 17.5 Å². The van der Waals surface area contributed by atoms with E-state index in [1.54, 1.807) is 18.4 Å². The van der Waals surface area contributed by atoms with Crippen LogP contribution in [-0.4, -0.2) is 35.6 Å². The first kappa shape index (κ1) is 11.2. The fourth-order valence-electron chi connectivity index (χ4n) is 1.08. The molecule has 1 atom stereocenters. The van der Waals surface area contributed by atoms with Gasteiger partial charge in [-0.05, 0) is 11.4 Å². The van der Waals surface area contributed by atoms with E-state index in [1.807, 2.05) is 17.5 Å². The van der Waals surface area contributed by atoms with Crippen molar-refractivity contribution in [3.63, 3.8) is 0 Å². The number of rotatable bonds is 4. The van der Waals surface area contributed by atoms with Gasteiger partial charge in [0.25, 0.3) is 0 Å². The number of carbonyl (C=O) groups is 1. The second-order valence-corrected chi connectivity index (χ2v) is 4.09. The van der Waals surface area contributed by atoms with Gasteiger partial charge in [0.2, 0.25) is 5.91 Å². The van der Waals surface area contributed by atoms with Gasteiger partial charge in [0.15, 0.2) is 0 Å². The van der Waals surface area contributed by atoms with Gasteiger partial charge >= 0.3 is 0 Å². The normalized spacial score (nSPS) is 12.5. The second kappa shape index (κ2) is 5.09. The summed E-state index contributed by atoms with van der Waals surface area (Å²) in [5, 5.41) is 10.7. The molecule has 78 valence electrons. The molecule has 0 fully saturated rings. The monoisotopic (exact) mass is 214 g/mol. The molecule has 0 saturated carbocycles. The maximum Gasteiger partial charge on any atom is 0.241 e. The molecule has 0 aromatic carbocycles. The standard InChI is InChI=1S/C9H14N2O2S/c1-11(9(13)8(10)6-12)5-7-3-2-4-14-7/h2-4,8,12H,5-6,10H2,1H3. The van der Waals surface area contributed by atoms with Gasteiger partial charge in [-0.1, -0.05) is 6.07 Å². The number of amides is 1. The molecule has 1 aromatic rings. The minimum Gasteiger partial charge on any atom is -0.394 e. The van der Waals surface area contributed by atoms with E-state index in [0.717, 1.165) is 4.88 Å². The molecule has 0 aliphatic rings. The Bertz CT molecular complexity index is 287. The summed E-state index contributed by atoms with van der Waals surface area (Å²) in [7, 11) is 1.68. The van der Waals surface area contributed by atoms with E-state index >= 15 is 0 Å². The first-order valence-electron chi connectivity index (χ1n) is 4.29. The Morgan fingerprint density at radius 2 is 2.50 bits per heavy atom. The third-order valence-corrected chi connectivity index (χ3v) is 2.72. The van der Waals surface area contributed by atoms with Crippen LogP contribution in [0.5, 0.6) is 0 Å². The van der Waals surface area contributed by atoms with E-state index < -0.39 is 6.04 Å². The van der Waals surface area contributed by atoms with Crippen molar-refractivity contribution in [2.45, 2.75) is 12.6 Å². The van der Waals surface area contributed by atoms with Crippen molar-refractivity contribution in [2.75, 3.05) is 13.7 Å². The Hall–Kier alpha value is -0.910. The molecule has 0 bridgehead atoms. The Kier molecular flexibility index (Phi) is 4.06. The summed E-state index contributed by atoms with van der Waals surface area (Å²) in [4.78, 5) is 14.1. The van der Waals surface area contributed by atoms with Crippen LogP contribution < -0.4 is 5.73 Å². The number of hydrogen-bond donors (Lipinski definition) is 2. The Labute approximate surface area is 87.0 Å². The van der Waals surface area contributed by atoms with Crippen LogP contribution in [0.1, 0.15) is 4.88 Å². The van der Waals surface area contributed by atoms with Gasteiger partial charge in [-0.15, -0.1) is 11.3 Å². The van der Waals surface area contributed by atoms with Crippen LogP contribution in [0.25, 0.3) is 0 Å². The fraction of sp³-hybridized carbons (Fsp3) is 0.444. The lowest BCUT2D eigenvalue weighted by atomic mass is 10.3. The third-order valence-electron chi connectivity index (χ3n) is 1.86. The molecular weight excluding hydrogens is 200 g/mol. The second-order valence-electron chi connectivity index (χ2n) is 3.06. The molecule has 14 heavy (non-hydrogen) atoms. The summed E-state index contributed by atoms with van der Waals surface area (Å²) < 4.78 is 0. The zero-order valence-corrected chi connectivity index (χ0v) is 8.83. The Morgan fingerprint density at radius 1 is 1.79 bits per heavy atom. The summed E-state index contributed by atoms with van der Waals surface area (Å²) in [5.41, 5.74) is 5.41. The van der Waals surface area contributed by atoms with Crippen molar-refractivity contribution in [3.05, 3.63) is 22.4 Å². The number of hydrogen-bond acceptors (Lipinski definition) is 4. The summed E-state index contributed by atoms with van der Waals surface area (Å²) >= 11 is 1.59. The topological polar surface area (TPSA) is 66.6 Å². The molecule has 0 aliphatic heterocycles. The first-order chi connectivity index (χ1) is 6.65. The molecule has 1 unspecified atom stereocenters. The SMILES string of the molecule is CN(Cc1cccs1)C(=O)C(N)CO. The lowest BCUT2D eigenvalue weighted by molar-refractivity contribution is -0.132. The van der Waals surface area contributed by atoms with Crippen LogP contribution in [0.2, 0.25) is 0 Å². The predicted molar refractivity (Wildman–Crippen MR) is 55.9 cm³/mol. The van der Waals surface area contributed by atoms with Crippen LogP contribution >= 0.6 is 11.3 Å². The number of aliphatic hydroxyl groups is 1. The number of carbonyl (C=O) groups excluding carboxylic acids is 1.